The van der Waals surface area contributed by atoms with Crippen LogP contribution in [0.25, 0.3) is 11.1 Å². The van der Waals surface area contributed by atoms with Crippen LogP contribution in [0, 0.1) is 0 Å². The van der Waals surface area contributed by atoms with E-state index in [0.717, 1.165) is 0 Å². The number of oxazole rings is 1. The van der Waals surface area contributed by atoms with Crippen molar-refractivity contribution in [2.75, 3.05) is 14.1 Å². The molecule has 0 aliphatic rings. The molecule has 0 radical (unpaired) electrons. The van der Waals surface area contributed by atoms with Crippen LogP contribution in [0.2, 0.25) is 5.35 Å². The number of hydrogen-bond acceptors (Lipinski definition) is 3. The molecular weight excluding hydrogens is 216 g/mol. The lowest BCUT2D eigenvalue weighted by Gasteiger charge is -2.09. The first-order valence-corrected chi connectivity index (χ1v) is 4.73. The monoisotopic (exact) mass is 224 g/mol. The summed E-state index contributed by atoms with van der Waals surface area (Å²) >= 11 is 5.60. The van der Waals surface area contributed by atoms with E-state index in [4.69, 9.17) is 16.0 Å². The van der Waals surface area contributed by atoms with Gasteiger partial charge >= 0.3 is 0 Å². The van der Waals surface area contributed by atoms with Crippen molar-refractivity contribution < 1.29 is 9.21 Å². The molecule has 0 unspecified atom stereocenters. The van der Waals surface area contributed by atoms with Crippen molar-refractivity contribution in [2.45, 2.75) is 0 Å². The van der Waals surface area contributed by atoms with E-state index < -0.39 is 0 Å². The van der Waals surface area contributed by atoms with Crippen LogP contribution in [-0.2, 0) is 0 Å². The molecule has 0 bridgehead atoms. The molecule has 0 N–H and O–H groups in total. The number of carbonyl (C=O) groups excluding carboxylic acids is 1. The van der Waals surface area contributed by atoms with Crippen LogP contribution in [0.3, 0.4) is 0 Å². The number of halogens is 1. The standard InChI is InChI=1S/C10H9ClN2O2/c1-13(2)9(14)6-3-4-7-8(5-6)15-10(11)12-7/h3-5H,1-2H3. The summed E-state index contributed by atoms with van der Waals surface area (Å²) in [5.41, 5.74) is 1.73. The summed E-state index contributed by atoms with van der Waals surface area (Å²) in [5, 5.41) is 0.0828. The predicted octanol–water partition coefficient (Wildman–Crippen LogP) is 2.18. The number of hydrogen-bond donors (Lipinski definition) is 0. The Balaban J connectivity index is 2.51. The van der Waals surface area contributed by atoms with Gasteiger partial charge in [-0.15, -0.1) is 0 Å². The zero-order chi connectivity index (χ0) is 11.0. The first-order chi connectivity index (χ1) is 7.08. The Kier molecular flexibility index (Phi) is 2.36. The molecule has 0 aliphatic heterocycles. The van der Waals surface area contributed by atoms with Gasteiger partial charge in [0.15, 0.2) is 5.58 Å². The molecule has 0 saturated heterocycles. The van der Waals surface area contributed by atoms with Crippen LogP contribution in [0.1, 0.15) is 10.4 Å². The number of rotatable bonds is 1. The number of fused-ring (bicyclic) bond motifs is 1. The minimum absolute atomic E-state index is 0.0792. The van der Waals surface area contributed by atoms with Crippen LogP contribution in [0.4, 0.5) is 0 Å². The van der Waals surface area contributed by atoms with Crippen LogP contribution < -0.4 is 0 Å². The fraction of sp³-hybridized carbons (Fsp3) is 0.200. The van der Waals surface area contributed by atoms with E-state index in [1.54, 1.807) is 32.3 Å². The molecule has 2 aromatic rings. The third kappa shape index (κ3) is 1.80. The van der Waals surface area contributed by atoms with Gasteiger partial charge in [-0.25, -0.2) is 0 Å². The molecule has 0 fully saturated rings. The maximum atomic E-state index is 11.6. The first kappa shape index (κ1) is 9.98. The van der Waals surface area contributed by atoms with Crippen molar-refractivity contribution in [3.05, 3.63) is 29.1 Å². The molecule has 15 heavy (non-hydrogen) atoms. The molecule has 78 valence electrons. The molecule has 0 spiro atoms. The largest absolute Gasteiger partial charge is 0.428 e. The van der Waals surface area contributed by atoms with Gasteiger partial charge in [-0.2, -0.15) is 4.98 Å². The van der Waals surface area contributed by atoms with Gasteiger partial charge in [0.05, 0.1) is 0 Å². The summed E-state index contributed by atoms with van der Waals surface area (Å²) in [6.45, 7) is 0. The molecule has 0 atom stereocenters. The normalized spacial score (nSPS) is 10.6. The van der Waals surface area contributed by atoms with Gasteiger partial charge in [0, 0.05) is 19.7 Å². The quantitative estimate of drug-likeness (QED) is 0.746. The summed E-state index contributed by atoms with van der Waals surface area (Å²) in [5.74, 6) is -0.0792. The van der Waals surface area contributed by atoms with Gasteiger partial charge in [0.25, 0.3) is 11.3 Å². The van der Waals surface area contributed by atoms with Gasteiger partial charge in [-0.3, -0.25) is 4.79 Å². The Bertz CT molecular complexity index is 519. The van der Waals surface area contributed by atoms with Gasteiger partial charge in [0.2, 0.25) is 0 Å². The predicted molar refractivity (Wildman–Crippen MR) is 57.0 cm³/mol. The molecule has 4 nitrogen and oxygen atoms in total. The Morgan fingerprint density at radius 3 is 2.87 bits per heavy atom. The van der Waals surface area contributed by atoms with Crippen molar-refractivity contribution in [3.63, 3.8) is 0 Å². The summed E-state index contributed by atoms with van der Waals surface area (Å²) in [6.07, 6.45) is 0. The van der Waals surface area contributed by atoms with Gasteiger partial charge in [-0.1, -0.05) is 0 Å². The first-order valence-electron chi connectivity index (χ1n) is 4.35. The SMILES string of the molecule is CN(C)C(=O)c1ccc2nc(Cl)oc2c1. The zero-order valence-corrected chi connectivity index (χ0v) is 9.08. The van der Waals surface area contributed by atoms with Crippen molar-refractivity contribution in [1.82, 2.24) is 9.88 Å². The summed E-state index contributed by atoms with van der Waals surface area (Å²) < 4.78 is 5.12. The Morgan fingerprint density at radius 1 is 1.47 bits per heavy atom. The molecule has 0 saturated carbocycles. The third-order valence-electron chi connectivity index (χ3n) is 2.02. The second-order valence-electron chi connectivity index (χ2n) is 3.35. The minimum Gasteiger partial charge on any atom is -0.428 e. The van der Waals surface area contributed by atoms with E-state index >= 15 is 0 Å². The average molecular weight is 225 g/mol. The van der Waals surface area contributed by atoms with Crippen LogP contribution in [-0.4, -0.2) is 29.9 Å². The minimum atomic E-state index is -0.0792. The molecule has 1 aromatic carbocycles. The summed E-state index contributed by atoms with van der Waals surface area (Å²) in [7, 11) is 3.39. The summed E-state index contributed by atoms with van der Waals surface area (Å²) in [4.78, 5) is 17.1. The van der Waals surface area contributed by atoms with E-state index in [2.05, 4.69) is 4.98 Å². The number of amides is 1. The lowest BCUT2D eigenvalue weighted by molar-refractivity contribution is 0.0827. The molecule has 1 heterocycles. The fourth-order valence-corrected chi connectivity index (χ4v) is 1.46. The Labute approximate surface area is 91.4 Å². The van der Waals surface area contributed by atoms with E-state index in [1.807, 2.05) is 0 Å². The van der Waals surface area contributed by atoms with Crippen LogP contribution >= 0.6 is 11.6 Å². The van der Waals surface area contributed by atoms with E-state index in [0.29, 0.717) is 16.7 Å². The number of benzene rings is 1. The number of nitrogens with zero attached hydrogens (tertiary/aromatic N) is 2. The molecule has 1 amide bonds. The van der Waals surface area contributed by atoms with E-state index in [-0.39, 0.29) is 11.3 Å². The smallest absolute Gasteiger partial charge is 0.293 e. The highest BCUT2D eigenvalue weighted by molar-refractivity contribution is 6.28. The second kappa shape index (κ2) is 3.55. The highest BCUT2D eigenvalue weighted by atomic mass is 35.5. The topological polar surface area (TPSA) is 46.3 Å². The van der Waals surface area contributed by atoms with Crippen LogP contribution in [0.5, 0.6) is 0 Å². The number of aromatic nitrogens is 1. The molecular formula is C10H9ClN2O2. The fourth-order valence-electron chi connectivity index (χ4n) is 1.29. The van der Waals surface area contributed by atoms with Gasteiger partial charge < -0.3 is 9.32 Å². The number of carbonyl (C=O) groups is 1. The van der Waals surface area contributed by atoms with Crippen LogP contribution in [0.15, 0.2) is 22.6 Å². The molecule has 2 rings (SSSR count). The van der Waals surface area contributed by atoms with Crippen molar-refractivity contribution in [1.29, 1.82) is 0 Å². The lowest BCUT2D eigenvalue weighted by atomic mass is 10.2. The maximum Gasteiger partial charge on any atom is 0.293 e. The lowest BCUT2D eigenvalue weighted by Crippen LogP contribution is -2.21. The Hall–Kier alpha value is -1.55. The maximum absolute atomic E-state index is 11.6. The highest BCUT2D eigenvalue weighted by Gasteiger charge is 2.10. The van der Waals surface area contributed by atoms with Crippen molar-refractivity contribution in [3.8, 4) is 0 Å². The van der Waals surface area contributed by atoms with E-state index in [9.17, 15) is 4.79 Å². The van der Waals surface area contributed by atoms with Crippen molar-refractivity contribution in [2.24, 2.45) is 0 Å². The summed E-state index contributed by atoms with van der Waals surface area (Å²) in [6, 6.07) is 5.04. The zero-order valence-electron chi connectivity index (χ0n) is 8.32. The Morgan fingerprint density at radius 2 is 2.20 bits per heavy atom. The van der Waals surface area contributed by atoms with Gasteiger partial charge in [-0.05, 0) is 29.8 Å². The van der Waals surface area contributed by atoms with Gasteiger partial charge in [0.1, 0.15) is 5.52 Å². The highest BCUT2D eigenvalue weighted by Crippen LogP contribution is 2.20. The van der Waals surface area contributed by atoms with Crippen molar-refractivity contribution >= 4 is 28.6 Å². The average Bonchev–Trinajstić information content (AvgIpc) is 2.55. The molecule has 1 aromatic heterocycles. The van der Waals surface area contributed by atoms with E-state index in [1.165, 1.54) is 4.90 Å². The molecule has 0 aliphatic carbocycles. The third-order valence-corrected chi connectivity index (χ3v) is 2.18. The second-order valence-corrected chi connectivity index (χ2v) is 3.67. The molecule has 5 heteroatoms.